The fourth-order valence-electron chi connectivity index (χ4n) is 7.29. The van der Waals surface area contributed by atoms with Crippen LogP contribution in [0.5, 0.6) is 0 Å². The lowest BCUT2D eigenvalue weighted by Crippen LogP contribution is -1.96. The summed E-state index contributed by atoms with van der Waals surface area (Å²) < 4.78 is 5.03. The molecule has 0 atom stereocenters. The molecular formula is C46H29N3S. The Labute approximate surface area is 293 Å². The van der Waals surface area contributed by atoms with Crippen LogP contribution in [0.4, 0.5) is 0 Å². The van der Waals surface area contributed by atoms with E-state index >= 15 is 0 Å². The lowest BCUT2D eigenvalue weighted by atomic mass is 9.99. The summed E-state index contributed by atoms with van der Waals surface area (Å²) in [5.74, 6) is 0.719. The first-order chi connectivity index (χ1) is 24.8. The quantitative estimate of drug-likeness (QED) is 0.185. The van der Waals surface area contributed by atoms with Crippen LogP contribution in [-0.2, 0) is 0 Å². The van der Waals surface area contributed by atoms with Crippen LogP contribution >= 0.6 is 11.3 Å². The lowest BCUT2D eigenvalue weighted by Gasteiger charge is -2.11. The topological polar surface area (TPSA) is 30.7 Å². The predicted octanol–water partition coefficient (Wildman–Crippen LogP) is 12.6. The lowest BCUT2D eigenvalue weighted by molar-refractivity contribution is 1.18. The largest absolute Gasteiger partial charge is 0.308 e. The van der Waals surface area contributed by atoms with E-state index in [1.807, 2.05) is 35.6 Å². The maximum Gasteiger partial charge on any atom is 0.160 e. The van der Waals surface area contributed by atoms with Gasteiger partial charge in [0.1, 0.15) is 0 Å². The number of hydrogen-bond donors (Lipinski definition) is 0. The highest BCUT2D eigenvalue weighted by Gasteiger charge is 2.19. The molecule has 3 aromatic heterocycles. The molecule has 0 radical (unpaired) electrons. The minimum Gasteiger partial charge on any atom is -0.308 e. The van der Waals surface area contributed by atoms with Crippen molar-refractivity contribution in [2.75, 3.05) is 0 Å². The number of hydrogen-bond acceptors (Lipinski definition) is 3. The van der Waals surface area contributed by atoms with Crippen molar-refractivity contribution in [1.82, 2.24) is 14.5 Å². The van der Waals surface area contributed by atoms with E-state index in [0.29, 0.717) is 0 Å². The van der Waals surface area contributed by atoms with Crippen molar-refractivity contribution in [3.05, 3.63) is 176 Å². The first kappa shape index (κ1) is 28.6. The normalized spacial score (nSPS) is 11.6. The van der Waals surface area contributed by atoms with Gasteiger partial charge >= 0.3 is 0 Å². The van der Waals surface area contributed by atoms with E-state index in [1.165, 1.54) is 58.8 Å². The third kappa shape index (κ3) is 4.65. The summed E-state index contributed by atoms with van der Waals surface area (Å²) in [6, 6.07) is 62.3. The summed E-state index contributed by atoms with van der Waals surface area (Å²) in [6.07, 6.45) is 0. The summed E-state index contributed by atoms with van der Waals surface area (Å²) in [5, 5.41) is 5.11. The van der Waals surface area contributed by atoms with Crippen molar-refractivity contribution >= 4 is 53.3 Å². The molecule has 0 bridgehead atoms. The minimum absolute atomic E-state index is 0.719. The Morgan fingerprint density at radius 2 is 0.980 bits per heavy atom. The molecule has 50 heavy (non-hydrogen) atoms. The molecule has 4 heteroatoms. The Balaban J connectivity index is 1.17. The van der Waals surface area contributed by atoms with Crippen LogP contribution in [0.15, 0.2) is 176 Å². The van der Waals surface area contributed by atoms with Crippen molar-refractivity contribution in [1.29, 1.82) is 0 Å². The Bertz CT molecular complexity index is 2800. The summed E-state index contributed by atoms with van der Waals surface area (Å²) in [7, 11) is 0. The molecule has 3 heterocycles. The van der Waals surface area contributed by atoms with Crippen LogP contribution in [0.1, 0.15) is 0 Å². The van der Waals surface area contributed by atoms with Gasteiger partial charge < -0.3 is 4.57 Å². The van der Waals surface area contributed by atoms with Gasteiger partial charge in [0, 0.05) is 48.6 Å². The predicted molar refractivity (Wildman–Crippen MR) is 211 cm³/mol. The number of rotatable bonds is 5. The summed E-state index contributed by atoms with van der Waals surface area (Å²) in [5.41, 5.74) is 11.0. The number of aromatic nitrogens is 3. The van der Waals surface area contributed by atoms with Gasteiger partial charge in [-0.2, -0.15) is 0 Å². The van der Waals surface area contributed by atoms with Gasteiger partial charge in [-0.15, -0.1) is 11.3 Å². The van der Waals surface area contributed by atoms with E-state index in [2.05, 4.69) is 156 Å². The summed E-state index contributed by atoms with van der Waals surface area (Å²) in [4.78, 5) is 10.1. The van der Waals surface area contributed by atoms with Gasteiger partial charge in [0.25, 0.3) is 0 Å². The average molecular weight is 656 g/mol. The number of para-hydroxylation sites is 2. The van der Waals surface area contributed by atoms with Gasteiger partial charge in [-0.3, -0.25) is 0 Å². The van der Waals surface area contributed by atoms with Crippen LogP contribution in [0, 0.1) is 0 Å². The van der Waals surface area contributed by atoms with Crippen LogP contribution in [0.2, 0.25) is 0 Å². The fraction of sp³-hybridized carbons (Fsp3) is 0. The van der Waals surface area contributed by atoms with Crippen molar-refractivity contribution in [2.24, 2.45) is 0 Å². The fourth-order valence-corrected chi connectivity index (χ4v) is 8.66. The van der Waals surface area contributed by atoms with E-state index in [1.54, 1.807) is 0 Å². The van der Waals surface area contributed by atoms with E-state index < -0.39 is 0 Å². The van der Waals surface area contributed by atoms with Crippen LogP contribution in [-0.4, -0.2) is 14.5 Å². The van der Waals surface area contributed by atoms with E-state index in [-0.39, 0.29) is 0 Å². The third-order valence-corrected chi connectivity index (χ3v) is 10.9. The van der Waals surface area contributed by atoms with E-state index in [4.69, 9.17) is 9.97 Å². The number of nitrogens with zero attached hydrogens (tertiary/aromatic N) is 3. The minimum atomic E-state index is 0.719. The van der Waals surface area contributed by atoms with Crippen molar-refractivity contribution in [3.63, 3.8) is 0 Å². The zero-order valence-electron chi connectivity index (χ0n) is 27.0. The number of fused-ring (bicyclic) bond motifs is 7. The molecular weight excluding hydrogens is 627 g/mol. The molecule has 10 aromatic rings. The second kappa shape index (κ2) is 11.7. The highest BCUT2D eigenvalue weighted by molar-refractivity contribution is 7.27. The molecule has 0 amide bonds. The first-order valence-electron chi connectivity index (χ1n) is 16.8. The maximum atomic E-state index is 5.11. The van der Waals surface area contributed by atoms with Gasteiger partial charge in [0.05, 0.1) is 27.1 Å². The molecule has 0 spiro atoms. The standard InChI is InChI=1S/C46H29N3S/c1-4-14-30(15-5-1)40-29-41(48-46(47-40)31-16-6-2-7-17-31)33-19-12-18-32(28-33)35-23-13-24-38-39-27-26-37-36-22-10-11-25-42(36)49(34-20-8-3-9-21-34)43(37)45(39)50-44(35)38/h1-29H. The van der Waals surface area contributed by atoms with Gasteiger partial charge in [-0.25, -0.2) is 9.97 Å². The van der Waals surface area contributed by atoms with Gasteiger partial charge in [-0.05, 0) is 41.5 Å². The maximum absolute atomic E-state index is 5.11. The molecule has 0 fully saturated rings. The van der Waals surface area contributed by atoms with Crippen molar-refractivity contribution in [3.8, 4) is 50.7 Å². The highest BCUT2D eigenvalue weighted by atomic mass is 32.1. The Morgan fingerprint density at radius 3 is 1.78 bits per heavy atom. The molecule has 0 aliphatic carbocycles. The van der Waals surface area contributed by atoms with Crippen molar-refractivity contribution < 1.29 is 0 Å². The zero-order chi connectivity index (χ0) is 33.0. The second-order valence-corrected chi connectivity index (χ2v) is 13.6. The Kier molecular flexibility index (Phi) is 6.68. The molecule has 0 saturated heterocycles. The van der Waals surface area contributed by atoms with Crippen molar-refractivity contribution in [2.45, 2.75) is 0 Å². The van der Waals surface area contributed by atoms with Gasteiger partial charge in [0.15, 0.2) is 5.82 Å². The molecule has 0 saturated carbocycles. The molecule has 0 aliphatic rings. The third-order valence-electron chi connectivity index (χ3n) is 9.61. The zero-order valence-corrected chi connectivity index (χ0v) is 27.8. The molecule has 234 valence electrons. The van der Waals surface area contributed by atoms with Crippen LogP contribution < -0.4 is 0 Å². The second-order valence-electron chi connectivity index (χ2n) is 12.6. The first-order valence-corrected chi connectivity index (χ1v) is 17.7. The summed E-state index contributed by atoms with van der Waals surface area (Å²) >= 11 is 1.89. The smallest absolute Gasteiger partial charge is 0.160 e. The van der Waals surface area contributed by atoms with E-state index in [0.717, 1.165) is 33.9 Å². The average Bonchev–Trinajstić information content (AvgIpc) is 3.75. The molecule has 0 aliphatic heterocycles. The van der Waals surface area contributed by atoms with Crippen LogP contribution in [0.25, 0.3) is 92.7 Å². The SMILES string of the molecule is c1ccc(-c2cc(-c3cccc(-c4cccc5c4sc4c5ccc5c6ccccc6n(-c6ccccc6)c54)c3)nc(-c3ccccc3)n2)cc1. The molecule has 3 nitrogen and oxygen atoms in total. The van der Waals surface area contributed by atoms with Crippen LogP contribution in [0.3, 0.4) is 0 Å². The van der Waals surface area contributed by atoms with E-state index in [9.17, 15) is 0 Å². The molecule has 0 unspecified atom stereocenters. The monoisotopic (exact) mass is 655 g/mol. The van der Waals surface area contributed by atoms with Gasteiger partial charge in [-0.1, -0.05) is 146 Å². The molecule has 10 rings (SSSR count). The van der Waals surface area contributed by atoms with Gasteiger partial charge in [0.2, 0.25) is 0 Å². The highest BCUT2D eigenvalue weighted by Crippen LogP contribution is 2.46. The Morgan fingerprint density at radius 1 is 0.400 bits per heavy atom. The molecule has 7 aromatic carbocycles. The number of benzene rings is 7. The Hall–Kier alpha value is -6.36. The number of thiophene rings is 1. The molecule has 0 N–H and O–H groups in total. The summed E-state index contributed by atoms with van der Waals surface area (Å²) in [6.45, 7) is 0.